The third-order valence-corrected chi connectivity index (χ3v) is 4.31. The summed E-state index contributed by atoms with van der Waals surface area (Å²) in [5.41, 5.74) is 3.03. The second kappa shape index (κ2) is 8.01. The van der Waals surface area contributed by atoms with Crippen LogP contribution >= 0.6 is 0 Å². The quantitative estimate of drug-likeness (QED) is 0.878. The summed E-state index contributed by atoms with van der Waals surface area (Å²) in [6, 6.07) is 11.8. The standard InChI is InChI=1S/C20H24N2O3/c1-3-17-19(9-8-14(2)22-17)25-13-20(23)21-11-15-10-16-6-4-5-7-18(16)24-12-15/h4-9,15H,3,10-13H2,1-2H3,(H,21,23)/t15-/m0/s1. The van der Waals surface area contributed by atoms with Crippen molar-refractivity contribution in [3.8, 4) is 11.5 Å². The van der Waals surface area contributed by atoms with Gasteiger partial charge in [0.2, 0.25) is 0 Å². The Balaban J connectivity index is 1.46. The molecule has 5 nitrogen and oxygen atoms in total. The minimum Gasteiger partial charge on any atom is -0.493 e. The first-order chi connectivity index (χ1) is 12.2. The molecule has 2 aromatic rings. The van der Waals surface area contributed by atoms with E-state index in [1.807, 2.05) is 44.2 Å². The molecule has 132 valence electrons. The van der Waals surface area contributed by atoms with E-state index in [2.05, 4.69) is 16.4 Å². The summed E-state index contributed by atoms with van der Waals surface area (Å²) in [6.45, 7) is 5.18. The summed E-state index contributed by atoms with van der Waals surface area (Å²) >= 11 is 0. The average molecular weight is 340 g/mol. The van der Waals surface area contributed by atoms with E-state index in [1.54, 1.807) is 0 Å². The van der Waals surface area contributed by atoms with Crippen LogP contribution in [-0.2, 0) is 17.6 Å². The molecule has 0 unspecified atom stereocenters. The van der Waals surface area contributed by atoms with E-state index in [0.29, 0.717) is 18.9 Å². The number of carbonyl (C=O) groups is 1. The molecule has 1 N–H and O–H groups in total. The highest BCUT2D eigenvalue weighted by Gasteiger charge is 2.20. The third kappa shape index (κ3) is 4.50. The van der Waals surface area contributed by atoms with E-state index in [4.69, 9.17) is 9.47 Å². The van der Waals surface area contributed by atoms with E-state index in [-0.39, 0.29) is 18.4 Å². The molecule has 0 fully saturated rings. The van der Waals surface area contributed by atoms with Crippen LogP contribution < -0.4 is 14.8 Å². The maximum absolute atomic E-state index is 12.1. The zero-order valence-corrected chi connectivity index (χ0v) is 14.7. The molecule has 1 aliphatic heterocycles. The lowest BCUT2D eigenvalue weighted by Gasteiger charge is -2.25. The van der Waals surface area contributed by atoms with E-state index < -0.39 is 0 Å². The molecule has 0 spiro atoms. The molecule has 1 amide bonds. The normalized spacial score (nSPS) is 15.8. The molecule has 1 aliphatic rings. The van der Waals surface area contributed by atoms with Crippen LogP contribution in [0.5, 0.6) is 11.5 Å². The van der Waals surface area contributed by atoms with E-state index >= 15 is 0 Å². The van der Waals surface area contributed by atoms with Gasteiger partial charge in [-0.1, -0.05) is 25.1 Å². The Hall–Kier alpha value is -2.56. The van der Waals surface area contributed by atoms with Gasteiger partial charge in [-0.25, -0.2) is 0 Å². The molecule has 1 aromatic carbocycles. The van der Waals surface area contributed by atoms with Gasteiger partial charge in [-0.15, -0.1) is 0 Å². The predicted octanol–water partition coefficient (Wildman–Crippen LogP) is 2.70. The molecule has 0 bridgehead atoms. The summed E-state index contributed by atoms with van der Waals surface area (Å²) < 4.78 is 11.4. The molecular formula is C20H24N2O3. The number of benzene rings is 1. The van der Waals surface area contributed by atoms with Crippen LogP contribution in [0.4, 0.5) is 0 Å². The van der Waals surface area contributed by atoms with Gasteiger partial charge in [0.25, 0.3) is 5.91 Å². The first kappa shape index (κ1) is 17.3. The Morgan fingerprint density at radius 2 is 2.16 bits per heavy atom. The average Bonchev–Trinajstić information content (AvgIpc) is 2.65. The lowest BCUT2D eigenvalue weighted by atomic mass is 9.97. The Morgan fingerprint density at radius 1 is 1.32 bits per heavy atom. The first-order valence-corrected chi connectivity index (χ1v) is 8.72. The summed E-state index contributed by atoms with van der Waals surface area (Å²) in [6.07, 6.45) is 1.69. The van der Waals surface area contributed by atoms with Crippen LogP contribution in [0.15, 0.2) is 36.4 Å². The minimum atomic E-state index is -0.124. The highest BCUT2D eigenvalue weighted by molar-refractivity contribution is 5.77. The Labute approximate surface area is 148 Å². The fourth-order valence-electron chi connectivity index (χ4n) is 2.96. The lowest BCUT2D eigenvalue weighted by molar-refractivity contribution is -0.123. The van der Waals surface area contributed by atoms with Crippen LogP contribution in [0.2, 0.25) is 0 Å². The number of hydrogen-bond acceptors (Lipinski definition) is 4. The van der Waals surface area contributed by atoms with Crippen molar-refractivity contribution in [1.29, 1.82) is 0 Å². The fourth-order valence-corrected chi connectivity index (χ4v) is 2.96. The van der Waals surface area contributed by atoms with Crippen molar-refractivity contribution in [2.45, 2.75) is 26.7 Å². The number of pyridine rings is 1. The number of nitrogens with zero attached hydrogens (tertiary/aromatic N) is 1. The summed E-state index contributed by atoms with van der Waals surface area (Å²) in [5.74, 6) is 1.79. The second-order valence-electron chi connectivity index (χ2n) is 6.33. The van der Waals surface area contributed by atoms with E-state index in [9.17, 15) is 4.79 Å². The SMILES string of the molecule is CCc1nc(C)ccc1OCC(=O)NC[C@H]1COc2ccccc2C1. The van der Waals surface area contributed by atoms with Gasteiger partial charge in [0.05, 0.1) is 12.3 Å². The van der Waals surface area contributed by atoms with E-state index in [0.717, 1.165) is 30.0 Å². The van der Waals surface area contributed by atoms with Gasteiger partial charge >= 0.3 is 0 Å². The molecule has 5 heteroatoms. The molecular weight excluding hydrogens is 316 g/mol. The fraction of sp³-hybridized carbons (Fsp3) is 0.400. The number of amides is 1. The third-order valence-electron chi connectivity index (χ3n) is 4.31. The van der Waals surface area contributed by atoms with Gasteiger partial charge < -0.3 is 14.8 Å². The van der Waals surface area contributed by atoms with Crippen molar-refractivity contribution in [3.63, 3.8) is 0 Å². The van der Waals surface area contributed by atoms with Crippen LogP contribution in [-0.4, -0.2) is 30.6 Å². The zero-order chi connectivity index (χ0) is 17.6. The molecule has 0 saturated carbocycles. The number of fused-ring (bicyclic) bond motifs is 1. The largest absolute Gasteiger partial charge is 0.493 e. The zero-order valence-electron chi connectivity index (χ0n) is 14.7. The minimum absolute atomic E-state index is 0.00189. The number of nitrogens with one attached hydrogen (secondary N) is 1. The number of aryl methyl sites for hydroxylation is 2. The summed E-state index contributed by atoms with van der Waals surface area (Å²) in [4.78, 5) is 16.5. The number of hydrogen-bond donors (Lipinski definition) is 1. The van der Waals surface area contributed by atoms with Crippen molar-refractivity contribution < 1.29 is 14.3 Å². The Kier molecular flexibility index (Phi) is 5.53. The summed E-state index contributed by atoms with van der Waals surface area (Å²) in [5, 5.41) is 2.94. The molecule has 0 radical (unpaired) electrons. The highest BCUT2D eigenvalue weighted by Crippen LogP contribution is 2.26. The van der Waals surface area contributed by atoms with Crippen LogP contribution in [0.25, 0.3) is 0 Å². The van der Waals surface area contributed by atoms with Crippen LogP contribution in [0.3, 0.4) is 0 Å². The second-order valence-corrected chi connectivity index (χ2v) is 6.33. The van der Waals surface area contributed by atoms with Crippen molar-refractivity contribution >= 4 is 5.91 Å². The number of para-hydroxylation sites is 1. The molecule has 0 saturated heterocycles. The lowest BCUT2D eigenvalue weighted by Crippen LogP contribution is -2.37. The number of ether oxygens (including phenoxy) is 2. The van der Waals surface area contributed by atoms with Gasteiger partial charge in [-0.05, 0) is 43.5 Å². The highest BCUT2D eigenvalue weighted by atomic mass is 16.5. The van der Waals surface area contributed by atoms with Gasteiger partial charge in [0.1, 0.15) is 11.5 Å². The maximum Gasteiger partial charge on any atom is 0.257 e. The van der Waals surface area contributed by atoms with E-state index in [1.165, 1.54) is 5.56 Å². The molecule has 1 atom stereocenters. The predicted molar refractivity (Wildman–Crippen MR) is 96.0 cm³/mol. The molecule has 2 heterocycles. The molecule has 0 aliphatic carbocycles. The molecule has 25 heavy (non-hydrogen) atoms. The first-order valence-electron chi connectivity index (χ1n) is 8.72. The van der Waals surface area contributed by atoms with Gasteiger partial charge in [0.15, 0.2) is 6.61 Å². The van der Waals surface area contributed by atoms with Crippen molar-refractivity contribution in [2.75, 3.05) is 19.8 Å². The summed E-state index contributed by atoms with van der Waals surface area (Å²) in [7, 11) is 0. The number of rotatable bonds is 6. The van der Waals surface area contributed by atoms with Crippen molar-refractivity contribution in [3.05, 3.63) is 53.3 Å². The number of aromatic nitrogens is 1. The van der Waals surface area contributed by atoms with Crippen LogP contribution in [0, 0.1) is 12.8 Å². The van der Waals surface area contributed by atoms with Gasteiger partial charge in [-0.3, -0.25) is 9.78 Å². The molecule has 3 rings (SSSR count). The van der Waals surface area contributed by atoms with Crippen molar-refractivity contribution in [1.82, 2.24) is 10.3 Å². The number of carbonyl (C=O) groups excluding carboxylic acids is 1. The topological polar surface area (TPSA) is 60.5 Å². The Bertz CT molecular complexity index is 745. The monoisotopic (exact) mass is 340 g/mol. The van der Waals surface area contributed by atoms with Gasteiger partial charge in [0, 0.05) is 18.2 Å². The smallest absolute Gasteiger partial charge is 0.257 e. The Morgan fingerprint density at radius 3 is 3.00 bits per heavy atom. The maximum atomic E-state index is 12.1. The molecule has 1 aromatic heterocycles. The van der Waals surface area contributed by atoms with Crippen molar-refractivity contribution in [2.24, 2.45) is 5.92 Å². The van der Waals surface area contributed by atoms with Crippen LogP contribution in [0.1, 0.15) is 23.9 Å². The van der Waals surface area contributed by atoms with Gasteiger partial charge in [-0.2, -0.15) is 0 Å².